The van der Waals surface area contributed by atoms with E-state index in [1.807, 2.05) is 37.3 Å². The lowest BCUT2D eigenvalue weighted by Crippen LogP contribution is -2.15. The number of amides is 1. The molecule has 3 rings (SSSR count). The van der Waals surface area contributed by atoms with Gasteiger partial charge in [0.1, 0.15) is 11.4 Å². The Hall–Kier alpha value is -3.12. The molecule has 0 aliphatic heterocycles. The van der Waals surface area contributed by atoms with Crippen LogP contribution in [0.15, 0.2) is 48.5 Å². The zero-order chi connectivity index (χ0) is 19.4. The van der Waals surface area contributed by atoms with Crippen molar-refractivity contribution in [3.05, 3.63) is 70.5 Å². The number of carbonyl (C=O) groups excluding carboxylic acids is 1. The minimum absolute atomic E-state index is 0.254. The Morgan fingerprint density at radius 3 is 2.59 bits per heavy atom. The van der Waals surface area contributed by atoms with Crippen LogP contribution in [0.2, 0.25) is 5.02 Å². The number of anilines is 3. The molecular weight excluding hydrogens is 364 g/mol. The predicted molar refractivity (Wildman–Crippen MR) is 107 cm³/mol. The molecule has 3 aromatic rings. The standard InChI is InChI=1S/C20H19ClN4O2/c1-12-7-8-15(11-17(12)21)23-19(26)18-9-13(2)22-20(25-18)24-14-5-4-6-16(10-14)27-3/h4-11H,1-3H3,(H,23,26)(H,22,24,25). The van der Waals surface area contributed by atoms with E-state index in [1.54, 1.807) is 32.2 Å². The van der Waals surface area contributed by atoms with Crippen LogP contribution >= 0.6 is 11.6 Å². The van der Waals surface area contributed by atoms with Crippen LogP contribution in [-0.4, -0.2) is 23.0 Å². The first-order valence-corrected chi connectivity index (χ1v) is 8.66. The van der Waals surface area contributed by atoms with Crippen molar-refractivity contribution in [3.63, 3.8) is 0 Å². The average Bonchev–Trinajstić information content (AvgIpc) is 2.64. The first-order valence-electron chi connectivity index (χ1n) is 8.29. The van der Waals surface area contributed by atoms with Crippen molar-refractivity contribution >= 4 is 34.8 Å². The Morgan fingerprint density at radius 1 is 1.04 bits per heavy atom. The first-order chi connectivity index (χ1) is 12.9. The van der Waals surface area contributed by atoms with Gasteiger partial charge in [-0.2, -0.15) is 0 Å². The van der Waals surface area contributed by atoms with Gasteiger partial charge in [0, 0.05) is 28.2 Å². The number of benzene rings is 2. The zero-order valence-electron chi connectivity index (χ0n) is 15.2. The summed E-state index contributed by atoms with van der Waals surface area (Å²) in [5.74, 6) is 0.700. The number of ether oxygens (including phenoxy) is 1. The van der Waals surface area contributed by atoms with E-state index in [-0.39, 0.29) is 11.6 Å². The maximum Gasteiger partial charge on any atom is 0.274 e. The van der Waals surface area contributed by atoms with E-state index in [9.17, 15) is 4.79 Å². The lowest BCUT2D eigenvalue weighted by molar-refractivity contribution is 0.102. The minimum Gasteiger partial charge on any atom is -0.497 e. The van der Waals surface area contributed by atoms with E-state index in [0.29, 0.717) is 28.1 Å². The van der Waals surface area contributed by atoms with Crippen molar-refractivity contribution in [2.45, 2.75) is 13.8 Å². The van der Waals surface area contributed by atoms with Gasteiger partial charge < -0.3 is 15.4 Å². The molecule has 1 heterocycles. The van der Waals surface area contributed by atoms with Gasteiger partial charge in [0.05, 0.1) is 7.11 Å². The molecule has 0 atom stereocenters. The molecule has 1 amide bonds. The second-order valence-corrected chi connectivity index (χ2v) is 6.40. The monoisotopic (exact) mass is 382 g/mol. The Kier molecular flexibility index (Phi) is 5.57. The highest BCUT2D eigenvalue weighted by Gasteiger charge is 2.12. The molecule has 0 unspecified atom stereocenters. The van der Waals surface area contributed by atoms with Gasteiger partial charge in [-0.15, -0.1) is 0 Å². The number of nitrogens with one attached hydrogen (secondary N) is 2. The average molecular weight is 383 g/mol. The van der Waals surface area contributed by atoms with E-state index in [1.165, 1.54) is 0 Å². The summed E-state index contributed by atoms with van der Waals surface area (Å²) in [5.41, 5.74) is 3.23. The fourth-order valence-corrected chi connectivity index (χ4v) is 2.62. The molecule has 0 bridgehead atoms. The molecule has 0 radical (unpaired) electrons. The van der Waals surface area contributed by atoms with E-state index in [2.05, 4.69) is 20.6 Å². The van der Waals surface area contributed by atoms with Gasteiger partial charge >= 0.3 is 0 Å². The van der Waals surface area contributed by atoms with Gasteiger partial charge in [0.15, 0.2) is 0 Å². The van der Waals surface area contributed by atoms with Crippen molar-refractivity contribution in [2.75, 3.05) is 17.7 Å². The van der Waals surface area contributed by atoms with E-state index in [0.717, 1.165) is 11.3 Å². The summed E-state index contributed by atoms with van der Waals surface area (Å²) in [6, 6.07) is 14.4. The molecule has 0 fully saturated rings. The first kappa shape index (κ1) is 18.7. The number of hydrogen-bond acceptors (Lipinski definition) is 5. The molecule has 2 aromatic carbocycles. The van der Waals surface area contributed by atoms with Gasteiger partial charge in [0.2, 0.25) is 5.95 Å². The molecule has 6 nitrogen and oxygen atoms in total. The summed E-state index contributed by atoms with van der Waals surface area (Å²) in [5, 5.41) is 6.48. The van der Waals surface area contributed by atoms with Gasteiger partial charge in [-0.1, -0.05) is 23.7 Å². The molecule has 0 aliphatic carbocycles. The Bertz CT molecular complexity index is 991. The van der Waals surface area contributed by atoms with E-state index in [4.69, 9.17) is 16.3 Å². The number of methoxy groups -OCH3 is 1. The number of carbonyl (C=O) groups is 1. The lowest BCUT2D eigenvalue weighted by atomic mass is 10.2. The fourth-order valence-electron chi connectivity index (χ4n) is 2.44. The molecule has 7 heteroatoms. The van der Waals surface area contributed by atoms with Crippen LogP contribution in [0.5, 0.6) is 5.75 Å². The largest absolute Gasteiger partial charge is 0.497 e. The highest BCUT2D eigenvalue weighted by Crippen LogP contribution is 2.22. The number of nitrogens with zero attached hydrogens (tertiary/aromatic N) is 2. The van der Waals surface area contributed by atoms with Gasteiger partial charge in [-0.25, -0.2) is 9.97 Å². The van der Waals surface area contributed by atoms with Crippen molar-refractivity contribution in [3.8, 4) is 5.75 Å². The topological polar surface area (TPSA) is 76.1 Å². The molecule has 0 aliphatic rings. The number of aryl methyl sites for hydroxylation is 2. The quantitative estimate of drug-likeness (QED) is 0.665. The molecule has 2 N–H and O–H groups in total. The van der Waals surface area contributed by atoms with Gasteiger partial charge in [-0.3, -0.25) is 4.79 Å². The number of rotatable bonds is 5. The summed E-state index contributed by atoms with van der Waals surface area (Å²) in [6.45, 7) is 3.70. The van der Waals surface area contributed by atoms with Gasteiger partial charge in [-0.05, 0) is 49.7 Å². The second-order valence-electron chi connectivity index (χ2n) is 5.99. The van der Waals surface area contributed by atoms with Crippen LogP contribution in [0, 0.1) is 13.8 Å². The van der Waals surface area contributed by atoms with Crippen LogP contribution < -0.4 is 15.4 Å². The van der Waals surface area contributed by atoms with Crippen LogP contribution in [-0.2, 0) is 0 Å². The maximum atomic E-state index is 12.6. The molecule has 0 saturated carbocycles. The SMILES string of the molecule is COc1cccc(Nc2nc(C)cc(C(=O)Nc3ccc(C)c(Cl)c3)n2)c1. The number of halogens is 1. The lowest BCUT2D eigenvalue weighted by Gasteiger charge is -2.10. The van der Waals surface area contributed by atoms with E-state index < -0.39 is 0 Å². The van der Waals surface area contributed by atoms with E-state index >= 15 is 0 Å². The van der Waals surface area contributed by atoms with Crippen LogP contribution in [0.3, 0.4) is 0 Å². The summed E-state index contributed by atoms with van der Waals surface area (Å²) < 4.78 is 5.21. The predicted octanol–water partition coefficient (Wildman–Crippen LogP) is 4.75. The number of aromatic nitrogens is 2. The smallest absolute Gasteiger partial charge is 0.274 e. The number of hydrogen-bond donors (Lipinski definition) is 2. The molecule has 0 spiro atoms. The van der Waals surface area contributed by atoms with Crippen molar-refractivity contribution in [2.24, 2.45) is 0 Å². The molecule has 138 valence electrons. The van der Waals surface area contributed by atoms with Crippen molar-refractivity contribution < 1.29 is 9.53 Å². The second kappa shape index (κ2) is 8.05. The van der Waals surface area contributed by atoms with Crippen molar-refractivity contribution in [1.82, 2.24) is 9.97 Å². The maximum absolute atomic E-state index is 12.6. The van der Waals surface area contributed by atoms with Crippen LogP contribution in [0.25, 0.3) is 0 Å². The molecule has 27 heavy (non-hydrogen) atoms. The van der Waals surface area contributed by atoms with Crippen LogP contribution in [0.1, 0.15) is 21.7 Å². The Morgan fingerprint density at radius 2 is 1.85 bits per heavy atom. The fraction of sp³-hybridized carbons (Fsp3) is 0.150. The highest BCUT2D eigenvalue weighted by molar-refractivity contribution is 6.31. The van der Waals surface area contributed by atoms with Gasteiger partial charge in [0.25, 0.3) is 5.91 Å². The Labute approximate surface area is 162 Å². The zero-order valence-corrected chi connectivity index (χ0v) is 16.0. The molecular formula is C20H19ClN4O2. The third-order valence-electron chi connectivity index (χ3n) is 3.84. The summed E-state index contributed by atoms with van der Waals surface area (Å²) in [4.78, 5) is 21.2. The van der Waals surface area contributed by atoms with Crippen molar-refractivity contribution in [1.29, 1.82) is 0 Å². The third kappa shape index (κ3) is 4.74. The summed E-state index contributed by atoms with van der Waals surface area (Å²) in [6.07, 6.45) is 0. The summed E-state index contributed by atoms with van der Waals surface area (Å²) in [7, 11) is 1.60. The Balaban J connectivity index is 1.81. The normalized spacial score (nSPS) is 10.4. The minimum atomic E-state index is -0.339. The van der Waals surface area contributed by atoms with Crippen LogP contribution in [0.4, 0.5) is 17.3 Å². The summed E-state index contributed by atoms with van der Waals surface area (Å²) >= 11 is 6.11. The highest BCUT2D eigenvalue weighted by atomic mass is 35.5. The molecule has 0 saturated heterocycles. The third-order valence-corrected chi connectivity index (χ3v) is 4.25. The molecule has 1 aromatic heterocycles.